The minimum Gasteiger partial charge on any atom is -0.382 e. The average Bonchev–Trinajstić information content (AvgIpc) is 2.57. The van der Waals surface area contributed by atoms with Crippen LogP contribution in [0.5, 0.6) is 0 Å². The number of nitrogens with one attached hydrogen (secondary N) is 1. The Morgan fingerprint density at radius 3 is 3.00 bits per heavy atom. The fourth-order valence-electron chi connectivity index (χ4n) is 0.917. The van der Waals surface area contributed by atoms with E-state index in [0.717, 1.165) is 5.00 Å². The Morgan fingerprint density at radius 1 is 1.38 bits per heavy atom. The zero-order valence-corrected chi connectivity index (χ0v) is 7.58. The predicted octanol–water partition coefficient (Wildman–Crippen LogP) is 1.86. The second-order valence-corrected chi connectivity index (χ2v) is 3.38. The molecule has 0 saturated carbocycles. The van der Waals surface area contributed by atoms with Crippen LogP contribution in [0.25, 0.3) is 0 Å². The summed E-state index contributed by atoms with van der Waals surface area (Å²) in [7, 11) is 0. The molecule has 13 heavy (non-hydrogen) atoms. The molecule has 0 aliphatic rings. The van der Waals surface area contributed by atoms with Crippen LogP contribution in [0.2, 0.25) is 0 Å². The van der Waals surface area contributed by atoms with Crippen molar-refractivity contribution in [2.75, 3.05) is 11.1 Å². The molecule has 0 aliphatic heterocycles. The van der Waals surface area contributed by atoms with Crippen molar-refractivity contribution in [3.63, 3.8) is 0 Å². The summed E-state index contributed by atoms with van der Waals surface area (Å²) in [5.74, 6) is 1.09. The van der Waals surface area contributed by atoms with Gasteiger partial charge in [-0.15, -0.1) is 11.3 Å². The summed E-state index contributed by atoms with van der Waals surface area (Å²) in [5.41, 5.74) is 5.48. The molecule has 5 heteroatoms. The smallest absolute Gasteiger partial charge is 0.151 e. The maximum atomic E-state index is 5.48. The van der Waals surface area contributed by atoms with Gasteiger partial charge in [0.05, 0.1) is 17.4 Å². The van der Waals surface area contributed by atoms with E-state index in [4.69, 9.17) is 5.73 Å². The molecule has 0 bridgehead atoms. The molecule has 0 saturated heterocycles. The summed E-state index contributed by atoms with van der Waals surface area (Å²) >= 11 is 1.60. The van der Waals surface area contributed by atoms with Gasteiger partial charge in [-0.25, -0.2) is 4.98 Å². The van der Waals surface area contributed by atoms with Crippen LogP contribution in [0.3, 0.4) is 0 Å². The number of anilines is 3. The number of nitrogens with two attached hydrogens (primary N) is 1. The Kier molecular flexibility index (Phi) is 2.09. The van der Waals surface area contributed by atoms with Crippen LogP contribution in [-0.2, 0) is 0 Å². The quantitative estimate of drug-likeness (QED) is 0.762. The molecule has 0 atom stereocenters. The molecule has 2 aromatic heterocycles. The third kappa shape index (κ3) is 1.94. The van der Waals surface area contributed by atoms with Crippen LogP contribution in [0.1, 0.15) is 0 Å². The third-order valence-corrected chi connectivity index (χ3v) is 2.21. The van der Waals surface area contributed by atoms with Crippen LogP contribution >= 0.6 is 11.3 Å². The summed E-state index contributed by atoms with van der Waals surface area (Å²) in [6.07, 6.45) is 3.15. The van der Waals surface area contributed by atoms with Gasteiger partial charge < -0.3 is 11.1 Å². The van der Waals surface area contributed by atoms with Gasteiger partial charge in [0, 0.05) is 0 Å². The van der Waals surface area contributed by atoms with Gasteiger partial charge in [0.2, 0.25) is 0 Å². The number of nitrogen functional groups attached to an aromatic ring is 1. The molecule has 66 valence electrons. The van der Waals surface area contributed by atoms with Crippen molar-refractivity contribution in [1.29, 1.82) is 0 Å². The van der Waals surface area contributed by atoms with E-state index in [1.165, 1.54) is 6.20 Å². The number of hydrogen-bond donors (Lipinski definition) is 2. The van der Waals surface area contributed by atoms with Gasteiger partial charge in [-0.1, -0.05) is 0 Å². The van der Waals surface area contributed by atoms with Crippen molar-refractivity contribution in [3.8, 4) is 0 Å². The monoisotopic (exact) mass is 192 g/mol. The van der Waals surface area contributed by atoms with E-state index in [2.05, 4.69) is 15.3 Å². The molecule has 2 heterocycles. The van der Waals surface area contributed by atoms with Gasteiger partial charge in [0.25, 0.3) is 0 Å². The highest BCUT2D eigenvalue weighted by Gasteiger charge is 1.96. The van der Waals surface area contributed by atoms with Crippen molar-refractivity contribution in [3.05, 3.63) is 29.9 Å². The molecule has 3 N–H and O–H groups in total. The van der Waals surface area contributed by atoms with Gasteiger partial charge in [0.15, 0.2) is 5.82 Å². The maximum Gasteiger partial charge on any atom is 0.151 e. The molecule has 0 spiro atoms. The van der Waals surface area contributed by atoms with Gasteiger partial charge in [-0.3, -0.25) is 4.98 Å². The molecular weight excluding hydrogens is 184 g/mol. The molecule has 2 rings (SSSR count). The fraction of sp³-hybridized carbons (Fsp3) is 0. The minimum atomic E-state index is 0.418. The Balaban J connectivity index is 2.19. The zero-order valence-electron chi connectivity index (χ0n) is 6.77. The topological polar surface area (TPSA) is 63.8 Å². The largest absolute Gasteiger partial charge is 0.382 e. The first-order chi connectivity index (χ1) is 6.34. The fourth-order valence-corrected chi connectivity index (χ4v) is 1.54. The summed E-state index contributed by atoms with van der Waals surface area (Å²) in [6.45, 7) is 0. The summed E-state index contributed by atoms with van der Waals surface area (Å²) in [6, 6.07) is 3.93. The van der Waals surface area contributed by atoms with Crippen LogP contribution in [0.15, 0.2) is 29.9 Å². The van der Waals surface area contributed by atoms with Crippen molar-refractivity contribution in [2.45, 2.75) is 0 Å². The van der Waals surface area contributed by atoms with E-state index >= 15 is 0 Å². The molecule has 0 unspecified atom stereocenters. The lowest BCUT2D eigenvalue weighted by Crippen LogP contribution is -1.96. The Morgan fingerprint density at radius 2 is 2.31 bits per heavy atom. The Labute approximate surface area is 79.5 Å². The van der Waals surface area contributed by atoms with Gasteiger partial charge in [0.1, 0.15) is 5.82 Å². The van der Waals surface area contributed by atoms with E-state index < -0.39 is 0 Å². The lowest BCUT2D eigenvalue weighted by Gasteiger charge is -2.01. The normalized spacial score (nSPS) is 9.85. The average molecular weight is 192 g/mol. The Hall–Kier alpha value is -1.62. The van der Waals surface area contributed by atoms with E-state index in [1.54, 1.807) is 17.5 Å². The van der Waals surface area contributed by atoms with Crippen LogP contribution < -0.4 is 11.1 Å². The molecule has 0 aliphatic carbocycles. The highest BCUT2D eigenvalue weighted by atomic mass is 32.1. The van der Waals surface area contributed by atoms with Crippen molar-refractivity contribution in [1.82, 2.24) is 9.97 Å². The zero-order chi connectivity index (χ0) is 9.10. The lowest BCUT2D eigenvalue weighted by atomic mass is 10.6. The van der Waals surface area contributed by atoms with E-state index in [0.29, 0.717) is 11.6 Å². The van der Waals surface area contributed by atoms with Gasteiger partial charge >= 0.3 is 0 Å². The predicted molar refractivity (Wildman–Crippen MR) is 54.0 cm³/mol. The van der Waals surface area contributed by atoms with Crippen LogP contribution in [0.4, 0.5) is 16.6 Å². The van der Waals surface area contributed by atoms with Crippen molar-refractivity contribution in [2.24, 2.45) is 0 Å². The third-order valence-electron chi connectivity index (χ3n) is 1.43. The summed E-state index contributed by atoms with van der Waals surface area (Å²) in [4.78, 5) is 7.98. The van der Waals surface area contributed by atoms with E-state index in [1.807, 2.05) is 17.5 Å². The van der Waals surface area contributed by atoms with E-state index in [-0.39, 0.29) is 0 Å². The second kappa shape index (κ2) is 3.40. The maximum absolute atomic E-state index is 5.48. The number of rotatable bonds is 2. The summed E-state index contributed by atoms with van der Waals surface area (Å²) in [5, 5.41) is 6.11. The molecular formula is C8H8N4S. The molecule has 0 radical (unpaired) electrons. The van der Waals surface area contributed by atoms with E-state index in [9.17, 15) is 0 Å². The van der Waals surface area contributed by atoms with Crippen LogP contribution in [-0.4, -0.2) is 9.97 Å². The van der Waals surface area contributed by atoms with Crippen molar-refractivity contribution >= 4 is 28.0 Å². The SMILES string of the molecule is Nc1cncc(Nc2cccs2)n1. The number of hydrogen-bond acceptors (Lipinski definition) is 5. The Bertz CT molecular complexity index is 385. The lowest BCUT2D eigenvalue weighted by molar-refractivity contribution is 1.21. The highest BCUT2D eigenvalue weighted by Crippen LogP contribution is 2.19. The van der Waals surface area contributed by atoms with Crippen LogP contribution in [0, 0.1) is 0 Å². The van der Waals surface area contributed by atoms with Gasteiger partial charge in [-0.05, 0) is 17.5 Å². The number of thiophene rings is 1. The first-order valence-electron chi connectivity index (χ1n) is 3.72. The van der Waals surface area contributed by atoms with Crippen molar-refractivity contribution < 1.29 is 0 Å². The molecule has 0 amide bonds. The second-order valence-electron chi connectivity index (χ2n) is 2.43. The molecule has 0 aromatic carbocycles. The highest BCUT2D eigenvalue weighted by molar-refractivity contribution is 7.14. The minimum absolute atomic E-state index is 0.418. The standard InChI is InChI=1S/C8H8N4S/c9-6-4-10-5-7(11-6)12-8-2-1-3-13-8/h1-5H,(H3,9,11,12). The molecule has 0 fully saturated rings. The van der Waals surface area contributed by atoms with Gasteiger partial charge in [-0.2, -0.15) is 0 Å². The molecule has 2 aromatic rings. The first-order valence-corrected chi connectivity index (χ1v) is 4.60. The number of aromatic nitrogens is 2. The molecule has 4 nitrogen and oxygen atoms in total. The summed E-state index contributed by atoms with van der Waals surface area (Å²) < 4.78 is 0. The first kappa shape index (κ1) is 8.00. The number of nitrogens with zero attached hydrogens (tertiary/aromatic N) is 2.